The topological polar surface area (TPSA) is 56.8 Å². The summed E-state index contributed by atoms with van der Waals surface area (Å²) in [6.07, 6.45) is 0. The van der Waals surface area contributed by atoms with Crippen LogP contribution >= 0.6 is 46.4 Å². The van der Waals surface area contributed by atoms with Gasteiger partial charge in [0.1, 0.15) is 5.84 Å². The van der Waals surface area contributed by atoms with E-state index in [1.54, 1.807) is 0 Å². The third kappa shape index (κ3) is 1.51. The van der Waals surface area contributed by atoms with Crippen molar-refractivity contribution in [2.24, 2.45) is 10.7 Å². The third-order valence-electron chi connectivity index (χ3n) is 2.79. The van der Waals surface area contributed by atoms with Crippen LogP contribution in [0.4, 0.5) is 0 Å². The van der Waals surface area contributed by atoms with Gasteiger partial charge in [0.25, 0.3) is 0 Å². The van der Waals surface area contributed by atoms with Crippen LogP contribution in [0.15, 0.2) is 4.99 Å². The summed E-state index contributed by atoms with van der Waals surface area (Å²) in [6, 6.07) is 0. The number of ether oxygens (including phenoxy) is 2. The molecule has 1 aromatic rings. The van der Waals surface area contributed by atoms with Crippen molar-refractivity contribution in [2.45, 2.75) is 5.91 Å². The molecule has 0 amide bonds. The number of nitrogens with zero attached hydrogens (tertiary/aromatic N) is 1. The van der Waals surface area contributed by atoms with Gasteiger partial charge in [-0.05, 0) is 0 Å². The lowest BCUT2D eigenvalue weighted by atomic mass is 10.1. The van der Waals surface area contributed by atoms with Gasteiger partial charge in [0.05, 0.1) is 38.9 Å². The first-order valence-electron chi connectivity index (χ1n) is 4.98. The Bertz CT molecular complexity index is 582. The quantitative estimate of drug-likeness (QED) is 0.588. The Labute approximate surface area is 123 Å². The van der Waals surface area contributed by atoms with Crippen LogP contribution in [0.2, 0.25) is 20.1 Å². The number of hydrogen-bond donors (Lipinski definition) is 1. The first-order valence-corrected chi connectivity index (χ1v) is 6.49. The van der Waals surface area contributed by atoms with Crippen molar-refractivity contribution < 1.29 is 9.47 Å². The molecule has 1 saturated heterocycles. The van der Waals surface area contributed by atoms with Crippen LogP contribution in [0.1, 0.15) is 11.1 Å². The number of benzene rings is 1. The molecule has 0 bridgehead atoms. The summed E-state index contributed by atoms with van der Waals surface area (Å²) < 4.78 is 11.0. The van der Waals surface area contributed by atoms with E-state index in [9.17, 15) is 0 Å². The van der Waals surface area contributed by atoms with Crippen LogP contribution in [-0.4, -0.2) is 19.0 Å². The van der Waals surface area contributed by atoms with Crippen molar-refractivity contribution in [3.63, 3.8) is 0 Å². The molecule has 1 spiro atoms. The molecule has 0 atom stereocenters. The summed E-state index contributed by atoms with van der Waals surface area (Å²) in [5.74, 6) is -1.17. The zero-order chi connectivity index (χ0) is 13.1. The van der Waals surface area contributed by atoms with Crippen molar-refractivity contribution in [1.82, 2.24) is 0 Å². The lowest BCUT2D eigenvalue weighted by Crippen LogP contribution is -2.23. The van der Waals surface area contributed by atoms with E-state index in [-0.39, 0.29) is 25.9 Å². The molecule has 0 unspecified atom stereocenters. The highest BCUT2D eigenvalue weighted by Gasteiger charge is 2.49. The molecular formula is C10H6Cl4N2O2. The Morgan fingerprint density at radius 2 is 1.50 bits per heavy atom. The van der Waals surface area contributed by atoms with Gasteiger partial charge in [0.2, 0.25) is 0 Å². The Kier molecular flexibility index (Phi) is 2.94. The highest BCUT2D eigenvalue weighted by atomic mass is 35.5. The summed E-state index contributed by atoms with van der Waals surface area (Å²) >= 11 is 24.3. The van der Waals surface area contributed by atoms with Crippen molar-refractivity contribution in [3.05, 3.63) is 31.2 Å². The Hall–Kier alpha value is -0.230. The molecule has 3 rings (SSSR count). The fourth-order valence-electron chi connectivity index (χ4n) is 2.05. The third-order valence-corrected chi connectivity index (χ3v) is 4.59. The molecule has 0 aliphatic carbocycles. The maximum Gasteiger partial charge on any atom is 0.302 e. The second-order valence-electron chi connectivity index (χ2n) is 3.78. The number of rotatable bonds is 0. The van der Waals surface area contributed by atoms with Gasteiger partial charge in [0, 0.05) is 5.56 Å². The van der Waals surface area contributed by atoms with E-state index < -0.39 is 5.91 Å². The number of fused-ring (bicyclic) bond motifs is 2. The molecule has 4 nitrogen and oxygen atoms in total. The monoisotopic (exact) mass is 326 g/mol. The SMILES string of the molecule is NC1=NC2(OCCO2)c2c(Cl)c(Cl)c(Cl)c(Cl)c21. The summed E-state index contributed by atoms with van der Waals surface area (Å²) in [5, 5.41) is 0.645. The molecule has 18 heavy (non-hydrogen) atoms. The number of hydrogen-bond acceptors (Lipinski definition) is 4. The molecule has 0 aromatic heterocycles. The molecule has 0 radical (unpaired) electrons. The summed E-state index contributed by atoms with van der Waals surface area (Å²) in [6.45, 7) is 0.759. The molecule has 0 saturated carbocycles. The largest absolute Gasteiger partial charge is 0.383 e. The predicted molar refractivity (Wildman–Crippen MR) is 70.8 cm³/mol. The van der Waals surface area contributed by atoms with Crippen LogP contribution in [0.25, 0.3) is 0 Å². The van der Waals surface area contributed by atoms with Crippen LogP contribution in [0.3, 0.4) is 0 Å². The second kappa shape index (κ2) is 4.13. The van der Waals surface area contributed by atoms with E-state index in [4.69, 9.17) is 61.6 Å². The fraction of sp³-hybridized carbons (Fsp3) is 0.300. The standard InChI is InChI=1S/C10H6Cl4N2O2/c11-5-3-4(6(12)8(14)7(5)13)10(16-9(3)15)17-1-2-18-10/h1-2H2,(H2,15,16). The van der Waals surface area contributed by atoms with Gasteiger partial charge in [-0.2, -0.15) is 0 Å². The van der Waals surface area contributed by atoms with E-state index in [0.717, 1.165) is 0 Å². The van der Waals surface area contributed by atoms with Crippen molar-refractivity contribution in [1.29, 1.82) is 0 Å². The summed E-state index contributed by atoms with van der Waals surface area (Å²) in [7, 11) is 0. The van der Waals surface area contributed by atoms with Gasteiger partial charge in [-0.3, -0.25) is 0 Å². The zero-order valence-electron chi connectivity index (χ0n) is 8.77. The first kappa shape index (κ1) is 12.8. The Morgan fingerprint density at radius 3 is 2.11 bits per heavy atom. The zero-order valence-corrected chi connectivity index (χ0v) is 11.8. The number of nitrogens with two attached hydrogens (primary N) is 1. The highest BCUT2D eigenvalue weighted by molar-refractivity contribution is 6.53. The van der Waals surface area contributed by atoms with Gasteiger partial charge in [0.15, 0.2) is 0 Å². The predicted octanol–water partition coefficient (Wildman–Crippen LogP) is 3.18. The Morgan fingerprint density at radius 1 is 0.944 bits per heavy atom. The molecule has 8 heteroatoms. The fourth-order valence-corrected chi connectivity index (χ4v) is 3.12. The minimum Gasteiger partial charge on any atom is -0.383 e. The lowest BCUT2D eigenvalue weighted by molar-refractivity contribution is -0.155. The molecular weight excluding hydrogens is 322 g/mol. The molecule has 2 aliphatic rings. The number of halogens is 4. The van der Waals surface area contributed by atoms with Crippen LogP contribution < -0.4 is 5.73 Å². The minimum absolute atomic E-state index is 0.130. The van der Waals surface area contributed by atoms with Crippen molar-refractivity contribution >= 4 is 52.2 Å². The highest BCUT2D eigenvalue weighted by Crippen LogP contribution is 2.51. The summed E-state index contributed by atoms with van der Waals surface area (Å²) in [5.41, 5.74) is 6.66. The van der Waals surface area contributed by atoms with Gasteiger partial charge < -0.3 is 15.2 Å². The lowest BCUT2D eigenvalue weighted by Gasteiger charge is -2.21. The minimum atomic E-state index is -1.34. The van der Waals surface area contributed by atoms with Gasteiger partial charge >= 0.3 is 5.91 Å². The molecule has 96 valence electrons. The van der Waals surface area contributed by atoms with Gasteiger partial charge in [-0.15, -0.1) is 0 Å². The normalized spacial score (nSPS) is 20.3. The average Bonchev–Trinajstić information content (AvgIpc) is 2.90. The van der Waals surface area contributed by atoms with Crippen LogP contribution in [-0.2, 0) is 15.4 Å². The van der Waals surface area contributed by atoms with Crippen LogP contribution in [0.5, 0.6) is 0 Å². The number of amidine groups is 1. The maximum absolute atomic E-state index is 6.19. The molecule has 2 heterocycles. The summed E-state index contributed by atoms with van der Waals surface area (Å²) in [4.78, 5) is 4.16. The molecule has 1 fully saturated rings. The molecule has 2 aliphatic heterocycles. The van der Waals surface area contributed by atoms with E-state index in [2.05, 4.69) is 4.99 Å². The smallest absolute Gasteiger partial charge is 0.302 e. The van der Waals surface area contributed by atoms with Gasteiger partial charge in [-0.1, -0.05) is 46.4 Å². The van der Waals surface area contributed by atoms with E-state index in [0.29, 0.717) is 24.3 Å². The van der Waals surface area contributed by atoms with E-state index >= 15 is 0 Å². The molecule has 1 aromatic carbocycles. The maximum atomic E-state index is 6.19. The van der Waals surface area contributed by atoms with Crippen molar-refractivity contribution in [2.75, 3.05) is 13.2 Å². The number of aliphatic imine (C=N–C) groups is 1. The Balaban J connectivity index is 2.37. The second-order valence-corrected chi connectivity index (χ2v) is 5.29. The van der Waals surface area contributed by atoms with E-state index in [1.165, 1.54) is 0 Å². The average molecular weight is 328 g/mol. The van der Waals surface area contributed by atoms with Crippen molar-refractivity contribution in [3.8, 4) is 0 Å². The first-order chi connectivity index (χ1) is 8.48. The molecule has 2 N–H and O–H groups in total. The van der Waals surface area contributed by atoms with E-state index in [1.807, 2.05) is 0 Å². The van der Waals surface area contributed by atoms with Crippen LogP contribution in [0, 0.1) is 0 Å². The van der Waals surface area contributed by atoms with Gasteiger partial charge in [-0.25, -0.2) is 4.99 Å².